The Hall–Kier alpha value is -3.32. The van der Waals surface area contributed by atoms with Gasteiger partial charge in [0.05, 0.1) is 11.6 Å². The lowest BCUT2D eigenvalue weighted by molar-refractivity contribution is 0.0952. The van der Waals surface area contributed by atoms with Crippen LogP contribution >= 0.6 is 0 Å². The summed E-state index contributed by atoms with van der Waals surface area (Å²) in [5.41, 5.74) is 8.63. The molecule has 4 nitrogen and oxygen atoms in total. The van der Waals surface area contributed by atoms with Gasteiger partial charge in [0.2, 0.25) is 0 Å². The molecule has 0 aliphatic carbocycles. The SMILES string of the molecule is N#Cc1ccc(CNC(=O)c2cccc3cc(N)ccc23)cc1. The first-order valence-electron chi connectivity index (χ1n) is 7.23. The van der Waals surface area contributed by atoms with Crippen molar-refractivity contribution >= 4 is 22.4 Å². The summed E-state index contributed by atoms with van der Waals surface area (Å²) in [4.78, 5) is 12.4. The van der Waals surface area contributed by atoms with Crippen LogP contribution in [0.15, 0.2) is 60.7 Å². The molecule has 0 atom stereocenters. The molecule has 3 aromatic carbocycles. The van der Waals surface area contributed by atoms with Crippen LogP contribution in [0.25, 0.3) is 10.8 Å². The number of nitrogens with one attached hydrogen (secondary N) is 1. The molecule has 0 fully saturated rings. The lowest BCUT2D eigenvalue weighted by Gasteiger charge is -2.09. The smallest absolute Gasteiger partial charge is 0.252 e. The summed E-state index contributed by atoms with van der Waals surface area (Å²) in [7, 11) is 0. The molecule has 4 heteroatoms. The maximum Gasteiger partial charge on any atom is 0.252 e. The van der Waals surface area contributed by atoms with Gasteiger partial charge in [0.1, 0.15) is 0 Å². The third-order valence-corrected chi connectivity index (χ3v) is 3.69. The topological polar surface area (TPSA) is 78.9 Å². The average Bonchev–Trinajstić information content (AvgIpc) is 2.59. The van der Waals surface area contributed by atoms with E-state index in [1.807, 2.05) is 36.4 Å². The van der Waals surface area contributed by atoms with Crippen LogP contribution in [-0.2, 0) is 6.54 Å². The molecule has 0 aliphatic heterocycles. The van der Waals surface area contributed by atoms with E-state index in [0.717, 1.165) is 16.3 Å². The van der Waals surface area contributed by atoms with E-state index in [1.165, 1.54) is 0 Å². The van der Waals surface area contributed by atoms with Crippen molar-refractivity contribution < 1.29 is 4.79 Å². The zero-order valence-electron chi connectivity index (χ0n) is 12.4. The minimum absolute atomic E-state index is 0.135. The Labute approximate surface area is 134 Å². The highest BCUT2D eigenvalue weighted by molar-refractivity contribution is 6.07. The molecule has 0 radical (unpaired) electrons. The van der Waals surface area contributed by atoms with Gasteiger partial charge in [0, 0.05) is 17.8 Å². The van der Waals surface area contributed by atoms with Crippen molar-refractivity contribution in [3.63, 3.8) is 0 Å². The predicted octanol–water partition coefficient (Wildman–Crippen LogP) is 3.22. The van der Waals surface area contributed by atoms with E-state index in [9.17, 15) is 4.79 Å². The summed E-state index contributed by atoms with van der Waals surface area (Å²) in [5, 5.41) is 13.5. The maximum absolute atomic E-state index is 12.4. The van der Waals surface area contributed by atoms with Crippen molar-refractivity contribution in [2.75, 3.05) is 5.73 Å². The van der Waals surface area contributed by atoms with Gasteiger partial charge >= 0.3 is 0 Å². The van der Waals surface area contributed by atoms with Crippen molar-refractivity contribution in [1.29, 1.82) is 5.26 Å². The number of amides is 1. The van der Waals surface area contributed by atoms with Gasteiger partial charge in [0.15, 0.2) is 0 Å². The summed E-state index contributed by atoms with van der Waals surface area (Å²) in [6, 6.07) is 20.3. The van der Waals surface area contributed by atoms with Crippen LogP contribution < -0.4 is 11.1 Å². The van der Waals surface area contributed by atoms with Crippen LogP contribution in [0, 0.1) is 11.3 Å². The van der Waals surface area contributed by atoms with Crippen LogP contribution in [0.5, 0.6) is 0 Å². The molecule has 3 aromatic rings. The Morgan fingerprint density at radius 1 is 1.09 bits per heavy atom. The van der Waals surface area contributed by atoms with E-state index in [2.05, 4.69) is 11.4 Å². The van der Waals surface area contributed by atoms with E-state index in [1.54, 1.807) is 24.3 Å². The van der Waals surface area contributed by atoms with Gasteiger partial charge in [-0.25, -0.2) is 0 Å². The van der Waals surface area contributed by atoms with Crippen LogP contribution in [0.1, 0.15) is 21.5 Å². The molecule has 23 heavy (non-hydrogen) atoms. The van der Waals surface area contributed by atoms with Gasteiger partial charge in [-0.3, -0.25) is 4.79 Å². The molecule has 0 bridgehead atoms. The van der Waals surface area contributed by atoms with Gasteiger partial charge in [-0.2, -0.15) is 5.26 Å². The minimum Gasteiger partial charge on any atom is -0.399 e. The van der Waals surface area contributed by atoms with Gasteiger partial charge in [-0.05, 0) is 46.7 Å². The number of carbonyl (C=O) groups excluding carboxylic acids is 1. The second-order valence-corrected chi connectivity index (χ2v) is 5.28. The van der Waals surface area contributed by atoms with Crippen molar-refractivity contribution in [3.8, 4) is 6.07 Å². The summed E-state index contributed by atoms with van der Waals surface area (Å²) in [6.07, 6.45) is 0. The second-order valence-electron chi connectivity index (χ2n) is 5.28. The normalized spacial score (nSPS) is 10.2. The monoisotopic (exact) mass is 301 g/mol. The number of hydrogen-bond acceptors (Lipinski definition) is 3. The van der Waals surface area contributed by atoms with Crippen molar-refractivity contribution in [3.05, 3.63) is 77.4 Å². The molecular weight excluding hydrogens is 286 g/mol. The van der Waals surface area contributed by atoms with Gasteiger partial charge in [0.25, 0.3) is 5.91 Å². The number of fused-ring (bicyclic) bond motifs is 1. The molecule has 0 aliphatic rings. The molecular formula is C19H15N3O. The van der Waals surface area contributed by atoms with E-state index in [4.69, 9.17) is 11.0 Å². The van der Waals surface area contributed by atoms with Gasteiger partial charge in [-0.15, -0.1) is 0 Å². The number of nitriles is 1. The fraction of sp³-hybridized carbons (Fsp3) is 0.0526. The number of anilines is 1. The number of rotatable bonds is 3. The van der Waals surface area contributed by atoms with E-state index < -0.39 is 0 Å². The van der Waals surface area contributed by atoms with Crippen molar-refractivity contribution in [2.24, 2.45) is 0 Å². The summed E-state index contributed by atoms with van der Waals surface area (Å²) in [5.74, 6) is -0.135. The fourth-order valence-electron chi connectivity index (χ4n) is 2.47. The first kappa shape index (κ1) is 14.6. The van der Waals surface area contributed by atoms with Crippen LogP contribution in [0.2, 0.25) is 0 Å². The zero-order chi connectivity index (χ0) is 16.2. The average molecular weight is 301 g/mol. The largest absolute Gasteiger partial charge is 0.399 e. The number of carbonyl (C=O) groups is 1. The first-order valence-corrected chi connectivity index (χ1v) is 7.23. The van der Waals surface area contributed by atoms with E-state index in [0.29, 0.717) is 23.4 Å². The lowest BCUT2D eigenvalue weighted by Crippen LogP contribution is -2.23. The molecule has 0 saturated carbocycles. The first-order chi connectivity index (χ1) is 11.2. The number of hydrogen-bond donors (Lipinski definition) is 2. The number of nitrogen functional groups attached to an aromatic ring is 1. The Morgan fingerprint density at radius 3 is 2.61 bits per heavy atom. The van der Waals surface area contributed by atoms with Crippen LogP contribution in [0.4, 0.5) is 5.69 Å². The van der Waals surface area contributed by atoms with Crippen LogP contribution in [0.3, 0.4) is 0 Å². The standard InChI is InChI=1S/C19H15N3O/c20-11-13-4-6-14(7-5-13)12-22-19(23)18-3-1-2-15-10-16(21)8-9-17(15)18/h1-10H,12,21H2,(H,22,23). The number of nitrogens with two attached hydrogens (primary N) is 1. The molecule has 0 unspecified atom stereocenters. The third kappa shape index (κ3) is 3.14. The Kier molecular flexibility index (Phi) is 3.94. The Balaban J connectivity index is 1.79. The second kappa shape index (κ2) is 6.20. The molecule has 1 amide bonds. The Morgan fingerprint density at radius 2 is 1.87 bits per heavy atom. The predicted molar refractivity (Wildman–Crippen MR) is 90.7 cm³/mol. The summed E-state index contributed by atoms with van der Waals surface area (Å²) < 4.78 is 0. The highest BCUT2D eigenvalue weighted by Gasteiger charge is 2.09. The Bertz CT molecular complexity index is 908. The van der Waals surface area contributed by atoms with Gasteiger partial charge in [-0.1, -0.05) is 30.3 Å². The molecule has 3 N–H and O–H groups in total. The summed E-state index contributed by atoms with van der Waals surface area (Å²) in [6.45, 7) is 0.413. The van der Waals surface area contributed by atoms with E-state index >= 15 is 0 Å². The molecule has 0 aromatic heterocycles. The molecule has 0 spiro atoms. The number of nitrogens with zero attached hydrogens (tertiary/aromatic N) is 1. The molecule has 3 rings (SSSR count). The van der Waals surface area contributed by atoms with Crippen LogP contribution in [-0.4, -0.2) is 5.91 Å². The molecule has 112 valence electrons. The fourth-order valence-corrected chi connectivity index (χ4v) is 2.47. The maximum atomic E-state index is 12.4. The van der Waals surface area contributed by atoms with Gasteiger partial charge < -0.3 is 11.1 Å². The van der Waals surface area contributed by atoms with E-state index in [-0.39, 0.29) is 5.91 Å². The highest BCUT2D eigenvalue weighted by Crippen LogP contribution is 2.21. The quantitative estimate of drug-likeness (QED) is 0.729. The number of benzene rings is 3. The van der Waals surface area contributed by atoms with Crippen molar-refractivity contribution in [2.45, 2.75) is 6.54 Å². The minimum atomic E-state index is -0.135. The molecule has 0 saturated heterocycles. The zero-order valence-corrected chi connectivity index (χ0v) is 12.4. The lowest BCUT2D eigenvalue weighted by atomic mass is 10.0. The summed E-state index contributed by atoms with van der Waals surface area (Å²) >= 11 is 0. The third-order valence-electron chi connectivity index (χ3n) is 3.69. The van der Waals surface area contributed by atoms with Crippen molar-refractivity contribution in [1.82, 2.24) is 5.32 Å². The molecule has 0 heterocycles. The highest BCUT2D eigenvalue weighted by atomic mass is 16.1.